The Bertz CT molecular complexity index is 519. The molecule has 0 spiro atoms. The van der Waals surface area contributed by atoms with E-state index in [1.807, 2.05) is 6.07 Å². The van der Waals surface area contributed by atoms with E-state index in [2.05, 4.69) is 10.2 Å². The van der Waals surface area contributed by atoms with Crippen LogP contribution in [-0.4, -0.2) is 33.5 Å². The molecular weight excluding hydrogens is 252 g/mol. The molecule has 1 fully saturated rings. The van der Waals surface area contributed by atoms with Crippen molar-refractivity contribution in [3.8, 4) is 6.07 Å². The molecule has 1 N–H and O–H groups in total. The van der Waals surface area contributed by atoms with Crippen molar-refractivity contribution in [1.29, 1.82) is 5.26 Å². The molecule has 6 nitrogen and oxygen atoms in total. The van der Waals surface area contributed by atoms with Gasteiger partial charge in [0, 0.05) is 25.6 Å². The molecule has 1 aromatic heterocycles. The molecule has 1 amide bonds. The number of aromatic amines is 1. The third kappa shape index (κ3) is 2.54. The Morgan fingerprint density at radius 3 is 3.22 bits per heavy atom. The van der Waals surface area contributed by atoms with Crippen LogP contribution in [0.2, 0.25) is 0 Å². The van der Waals surface area contributed by atoms with E-state index < -0.39 is 0 Å². The fourth-order valence-corrected chi connectivity index (χ4v) is 2.61. The van der Waals surface area contributed by atoms with Crippen molar-refractivity contribution >= 4 is 28.6 Å². The smallest absolute Gasteiger partial charge is 0.228 e. The van der Waals surface area contributed by atoms with Crippen molar-refractivity contribution in [2.45, 2.75) is 13.3 Å². The molecule has 0 aromatic carbocycles. The molecule has 1 aromatic rings. The molecule has 1 saturated heterocycles. The Hall–Kier alpha value is -1.81. The number of carbonyl (C=O) groups is 2. The minimum atomic E-state index is -0.0371. The first kappa shape index (κ1) is 12.6. The number of H-pyrrole nitrogens is 1. The second kappa shape index (κ2) is 5.23. The van der Waals surface area contributed by atoms with E-state index in [1.54, 1.807) is 0 Å². The monoisotopic (exact) mass is 264 g/mol. The van der Waals surface area contributed by atoms with E-state index >= 15 is 0 Å². The molecule has 2 rings (SSSR count). The van der Waals surface area contributed by atoms with E-state index in [-0.39, 0.29) is 16.9 Å². The molecule has 0 radical (unpaired) electrons. The number of hydrogen-bond donors (Lipinski definition) is 1. The predicted octanol–water partition coefficient (Wildman–Crippen LogP) is 0.914. The molecule has 7 heteroatoms. The lowest BCUT2D eigenvalue weighted by Gasteiger charge is -2.14. The van der Waals surface area contributed by atoms with Gasteiger partial charge in [-0.15, -0.1) is 0 Å². The number of nitriles is 1. The van der Waals surface area contributed by atoms with Crippen molar-refractivity contribution in [1.82, 2.24) is 10.2 Å². The molecule has 2 heterocycles. The standard InChI is InChI=1S/C11H12N4O2S/c1-7(16)18-6-8-2-10(17)15(5-8)11-9(3-12)4-13-14-11/h4,8H,2,5-6H2,1H3,(H,13,14). The number of nitrogens with one attached hydrogen (secondary N) is 1. The lowest BCUT2D eigenvalue weighted by molar-refractivity contribution is -0.117. The van der Waals surface area contributed by atoms with Crippen molar-refractivity contribution in [3.05, 3.63) is 11.8 Å². The van der Waals surface area contributed by atoms with Crippen molar-refractivity contribution < 1.29 is 9.59 Å². The van der Waals surface area contributed by atoms with Gasteiger partial charge in [0.2, 0.25) is 5.91 Å². The van der Waals surface area contributed by atoms with Crippen LogP contribution in [-0.2, 0) is 9.59 Å². The maximum atomic E-state index is 11.9. The van der Waals surface area contributed by atoms with Crippen LogP contribution in [0.15, 0.2) is 6.20 Å². The molecule has 1 unspecified atom stereocenters. The van der Waals surface area contributed by atoms with E-state index in [1.165, 1.54) is 29.8 Å². The third-order valence-corrected chi connectivity index (χ3v) is 3.78. The normalized spacial score (nSPS) is 19.0. The van der Waals surface area contributed by atoms with Crippen LogP contribution in [0.4, 0.5) is 5.82 Å². The highest BCUT2D eigenvalue weighted by molar-refractivity contribution is 8.13. The lowest BCUT2D eigenvalue weighted by Crippen LogP contribution is -2.26. The molecule has 0 saturated carbocycles. The fraction of sp³-hybridized carbons (Fsp3) is 0.455. The summed E-state index contributed by atoms with van der Waals surface area (Å²) in [5.41, 5.74) is 0.364. The van der Waals surface area contributed by atoms with Crippen LogP contribution >= 0.6 is 11.8 Å². The number of hydrogen-bond acceptors (Lipinski definition) is 5. The first-order valence-electron chi connectivity index (χ1n) is 5.49. The number of thioether (sulfide) groups is 1. The highest BCUT2D eigenvalue weighted by Gasteiger charge is 2.32. The van der Waals surface area contributed by atoms with Crippen LogP contribution in [0.5, 0.6) is 0 Å². The van der Waals surface area contributed by atoms with Gasteiger partial charge in [0.15, 0.2) is 5.12 Å². The van der Waals surface area contributed by atoms with Crippen molar-refractivity contribution in [3.63, 3.8) is 0 Å². The van der Waals surface area contributed by atoms with Crippen molar-refractivity contribution in [2.75, 3.05) is 17.2 Å². The molecular formula is C11H12N4O2S. The summed E-state index contributed by atoms with van der Waals surface area (Å²) >= 11 is 1.23. The summed E-state index contributed by atoms with van der Waals surface area (Å²) < 4.78 is 0. The van der Waals surface area contributed by atoms with Gasteiger partial charge < -0.3 is 0 Å². The highest BCUT2D eigenvalue weighted by Crippen LogP contribution is 2.27. The molecule has 1 aliphatic heterocycles. The molecule has 1 atom stereocenters. The summed E-state index contributed by atoms with van der Waals surface area (Å²) in [6.45, 7) is 2.04. The summed E-state index contributed by atoms with van der Waals surface area (Å²) in [7, 11) is 0. The van der Waals surface area contributed by atoms with Gasteiger partial charge in [-0.1, -0.05) is 11.8 Å². The minimum absolute atomic E-state index is 0.0371. The Labute approximate surface area is 108 Å². The van der Waals surface area contributed by atoms with E-state index in [9.17, 15) is 9.59 Å². The maximum absolute atomic E-state index is 11.9. The first-order chi connectivity index (χ1) is 8.61. The number of rotatable bonds is 3. The van der Waals surface area contributed by atoms with Gasteiger partial charge >= 0.3 is 0 Å². The van der Waals surface area contributed by atoms with Crippen LogP contribution in [0.1, 0.15) is 18.9 Å². The zero-order valence-electron chi connectivity index (χ0n) is 9.84. The van der Waals surface area contributed by atoms with Gasteiger partial charge in [-0.3, -0.25) is 19.6 Å². The van der Waals surface area contributed by atoms with Crippen LogP contribution < -0.4 is 4.90 Å². The van der Waals surface area contributed by atoms with Crippen LogP contribution in [0.25, 0.3) is 0 Å². The Kier molecular flexibility index (Phi) is 3.67. The zero-order chi connectivity index (χ0) is 13.1. The van der Waals surface area contributed by atoms with E-state index in [0.717, 1.165) is 0 Å². The van der Waals surface area contributed by atoms with Gasteiger partial charge in [-0.05, 0) is 5.92 Å². The van der Waals surface area contributed by atoms with Gasteiger partial charge in [-0.25, -0.2) is 0 Å². The zero-order valence-corrected chi connectivity index (χ0v) is 10.7. The maximum Gasteiger partial charge on any atom is 0.228 e. The van der Waals surface area contributed by atoms with Gasteiger partial charge in [0.1, 0.15) is 17.5 Å². The number of carbonyl (C=O) groups excluding carboxylic acids is 2. The predicted molar refractivity (Wildman–Crippen MR) is 66.9 cm³/mol. The molecule has 94 valence electrons. The van der Waals surface area contributed by atoms with E-state index in [0.29, 0.717) is 30.1 Å². The third-order valence-electron chi connectivity index (χ3n) is 2.74. The van der Waals surface area contributed by atoms with Crippen LogP contribution in [0, 0.1) is 17.2 Å². The second-order valence-corrected chi connectivity index (χ2v) is 5.32. The van der Waals surface area contributed by atoms with Gasteiger partial charge in [0.25, 0.3) is 0 Å². The number of anilines is 1. The number of aromatic nitrogens is 2. The van der Waals surface area contributed by atoms with E-state index in [4.69, 9.17) is 5.26 Å². The minimum Gasteiger partial charge on any atom is -0.296 e. The Morgan fingerprint density at radius 2 is 2.56 bits per heavy atom. The molecule has 0 aliphatic carbocycles. The molecule has 0 bridgehead atoms. The summed E-state index contributed by atoms with van der Waals surface area (Å²) in [6.07, 6.45) is 1.81. The summed E-state index contributed by atoms with van der Waals surface area (Å²) in [6, 6.07) is 1.99. The summed E-state index contributed by atoms with van der Waals surface area (Å²) in [5, 5.41) is 15.4. The lowest BCUT2D eigenvalue weighted by atomic mass is 10.1. The second-order valence-electron chi connectivity index (χ2n) is 4.12. The summed E-state index contributed by atoms with van der Waals surface area (Å²) in [5.74, 6) is 1.19. The Morgan fingerprint density at radius 1 is 1.78 bits per heavy atom. The largest absolute Gasteiger partial charge is 0.296 e. The molecule has 1 aliphatic rings. The average molecular weight is 264 g/mol. The topological polar surface area (TPSA) is 89.8 Å². The Balaban J connectivity index is 2.06. The highest BCUT2D eigenvalue weighted by atomic mass is 32.2. The summed E-state index contributed by atoms with van der Waals surface area (Å²) in [4.78, 5) is 24.3. The first-order valence-corrected chi connectivity index (χ1v) is 6.47. The van der Waals surface area contributed by atoms with Gasteiger partial charge in [0.05, 0.1) is 6.20 Å². The SMILES string of the molecule is CC(=O)SCC1CC(=O)N(c2[nH]ncc2C#N)C1. The molecule has 18 heavy (non-hydrogen) atoms. The van der Waals surface area contributed by atoms with Gasteiger partial charge in [-0.2, -0.15) is 10.4 Å². The number of nitrogens with zero attached hydrogens (tertiary/aromatic N) is 3. The fourth-order valence-electron chi connectivity index (χ4n) is 1.91. The number of amides is 1. The van der Waals surface area contributed by atoms with Crippen LogP contribution in [0.3, 0.4) is 0 Å². The van der Waals surface area contributed by atoms with Crippen molar-refractivity contribution in [2.24, 2.45) is 5.92 Å². The quantitative estimate of drug-likeness (QED) is 0.876. The average Bonchev–Trinajstić information content (AvgIpc) is 2.91.